The van der Waals surface area contributed by atoms with Crippen molar-refractivity contribution >= 4 is 69.7 Å². The number of amides is 8. The van der Waals surface area contributed by atoms with Crippen LogP contribution in [0, 0.1) is 47.9 Å². The molecular formula is C58H64F4N14O8S2. The fourth-order valence-electron chi connectivity index (χ4n) is 14.5. The Morgan fingerprint density at radius 2 is 1.07 bits per heavy atom. The Morgan fingerprint density at radius 3 is 1.59 bits per heavy atom. The molecule has 0 saturated carbocycles. The van der Waals surface area contributed by atoms with E-state index >= 15 is 41.5 Å². The molecule has 2 spiro atoms. The van der Waals surface area contributed by atoms with E-state index in [4.69, 9.17) is 9.47 Å². The SMILES string of the molecule is Cc1nnc(-c2cc3c(c(F)c2F)N2CC(C)OC(C)C2[C@@]2(C3)C(=O)N(Cc3ccccc3)C(=O)N(CC3CN4c5c(cc(-c6nnc(C)s6)c(F)c5F)C[C@]5(C(=O)N(CN6CCNCC6)C(=O)N(CN6CCN(C)CC6)C5=O)C4C(C)O3)C2=O)s1. The maximum Gasteiger partial charge on any atom is 0.335 e. The number of carbonyl (C=O) groups is 6. The summed E-state index contributed by atoms with van der Waals surface area (Å²) in [4.78, 5) is 108. The van der Waals surface area contributed by atoms with Crippen molar-refractivity contribution in [3.05, 3.63) is 92.4 Å². The first-order chi connectivity index (χ1) is 41.2. The maximum atomic E-state index is 17.7. The predicted molar refractivity (Wildman–Crippen MR) is 305 cm³/mol. The predicted octanol–water partition coefficient (Wildman–Crippen LogP) is 4.48. The summed E-state index contributed by atoms with van der Waals surface area (Å²) in [7, 11) is 1.97. The van der Waals surface area contributed by atoms with Crippen LogP contribution in [0.3, 0.4) is 0 Å². The molecule has 22 nitrogen and oxygen atoms in total. The van der Waals surface area contributed by atoms with E-state index in [0.717, 1.165) is 42.3 Å². The van der Waals surface area contributed by atoms with E-state index in [-0.39, 0.29) is 70.1 Å². The van der Waals surface area contributed by atoms with Gasteiger partial charge in [0, 0.05) is 78.3 Å². The van der Waals surface area contributed by atoms with Gasteiger partial charge < -0.3 is 29.5 Å². The van der Waals surface area contributed by atoms with Gasteiger partial charge in [0.1, 0.15) is 10.0 Å². The zero-order chi connectivity index (χ0) is 60.4. The molecule has 8 amide bonds. The Labute approximate surface area is 500 Å². The number of barbiturate groups is 2. The highest BCUT2D eigenvalue weighted by molar-refractivity contribution is 7.14. The normalized spacial score (nSPS) is 28.5. The van der Waals surface area contributed by atoms with Gasteiger partial charge in [-0.3, -0.25) is 38.8 Å². The topological polar surface area (TPSA) is 214 Å². The van der Waals surface area contributed by atoms with Crippen LogP contribution in [0.15, 0.2) is 42.5 Å². The number of piperazine rings is 2. The minimum atomic E-state index is -2.26. The number of hydrogen-bond acceptors (Lipinski definition) is 20. The number of halogens is 4. The summed E-state index contributed by atoms with van der Waals surface area (Å²) in [5, 5.41) is 20.7. The molecule has 8 atom stereocenters. The molecule has 6 fully saturated rings. The molecule has 0 radical (unpaired) electrons. The Hall–Kier alpha value is -6.92. The first-order valence-corrected chi connectivity index (χ1v) is 30.5. The lowest BCUT2D eigenvalue weighted by molar-refractivity contribution is -0.173. The van der Waals surface area contributed by atoms with Crippen molar-refractivity contribution in [1.82, 2.24) is 60.0 Å². The van der Waals surface area contributed by atoms with Crippen molar-refractivity contribution in [1.29, 1.82) is 0 Å². The van der Waals surface area contributed by atoms with E-state index in [9.17, 15) is 4.79 Å². The summed E-state index contributed by atoms with van der Waals surface area (Å²) >= 11 is 2.04. The van der Waals surface area contributed by atoms with Gasteiger partial charge >= 0.3 is 12.1 Å². The van der Waals surface area contributed by atoms with Crippen LogP contribution >= 0.6 is 22.7 Å². The smallest absolute Gasteiger partial charge is 0.335 e. The molecule has 0 bridgehead atoms. The van der Waals surface area contributed by atoms with E-state index < -0.39 is 132 Å². The first-order valence-electron chi connectivity index (χ1n) is 28.9. The quantitative estimate of drug-likeness (QED) is 0.151. The average Bonchev–Trinajstić information content (AvgIpc) is 0.735. The van der Waals surface area contributed by atoms with Crippen molar-refractivity contribution in [3.8, 4) is 21.1 Å². The number of benzene rings is 3. The molecule has 3 aromatic carbocycles. The van der Waals surface area contributed by atoms with E-state index in [1.54, 1.807) is 65.0 Å². The van der Waals surface area contributed by atoms with Crippen molar-refractivity contribution in [2.24, 2.45) is 10.8 Å². The monoisotopic (exact) mass is 1220 g/mol. The first kappa shape index (κ1) is 58.1. The number of aromatic nitrogens is 4. The molecule has 6 saturated heterocycles. The van der Waals surface area contributed by atoms with Gasteiger partial charge in [-0.05, 0) is 70.5 Å². The van der Waals surface area contributed by atoms with E-state index in [1.807, 2.05) is 16.8 Å². The van der Waals surface area contributed by atoms with Crippen LogP contribution in [0.1, 0.15) is 47.5 Å². The van der Waals surface area contributed by atoms with Crippen LogP contribution in [0.2, 0.25) is 0 Å². The number of nitrogens with one attached hydrogen (secondary N) is 1. The highest BCUT2D eigenvalue weighted by Crippen LogP contribution is 2.54. The van der Waals surface area contributed by atoms with Crippen LogP contribution in [-0.4, -0.2) is 219 Å². The summed E-state index contributed by atoms with van der Waals surface area (Å²) in [5.74, 6) is -8.64. The van der Waals surface area contributed by atoms with Gasteiger partial charge in [0.05, 0.1) is 85.4 Å². The third kappa shape index (κ3) is 9.30. The Bertz CT molecular complexity index is 3610. The van der Waals surface area contributed by atoms with Crippen LogP contribution < -0.4 is 15.1 Å². The Kier molecular flexibility index (Phi) is 14.9. The van der Waals surface area contributed by atoms with Crippen LogP contribution in [0.25, 0.3) is 21.1 Å². The second kappa shape index (κ2) is 22.0. The fraction of sp³-hybridized carbons (Fsp3) is 0.517. The molecule has 13 rings (SSSR count). The van der Waals surface area contributed by atoms with Gasteiger partial charge in [0.15, 0.2) is 44.1 Å². The molecule has 2 aromatic heterocycles. The van der Waals surface area contributed by atoms with Gasteiger partial charge in [-0.25, -0.2) is 37.0 Å². The third-order valence-electron chi connectivity index (χ3n) is 18.3. The zero-order valence-corrected chi connectivity index (χ0v) is 49.9. The third-order valence-corrected chi connectivity index (χ3v) is 20.1. The summed E-state index contributed by atoms with van der Waals surface area (Å²) in [6.45, 7) is 10.8. The number of ether oxygens (including phenoxy) is 2. The van der Waals surface area contributed by atoms with Crippen molar-refractivity contribution < 1.29 is 55.8 Å². The summed E-state index contributed by atoms with van der Waals surface area (Å²) in [6, 6.07) is 6.76. The molecular weight excluding hydrogens is 1160 g/mol. The van der Waals surface area contributed by atoms with Gasteiger partial charge in [-0.2, -0.15) is 0 Å². The Morgan fingerprint density at radius 1 is 0.593 bits per heavy atom. The molecule has 28 heteroatoms. The van der Waals surface area contributed by atoms with Crippen molar-refractivity contribution in [2.75, 3.05) is 102 Å². The standard InChI is InChI=1S/C58H64F4N14O8S2/c1-30-24-71-45-36(20-39(41(59)43(45)61)49-66-64-33(4)85-49)22-57(47(71)31(2)83-30)51(77)73(25-35-10-8-7-9-11-35)55(81)74(52(57)78)27-38-26-72-46-37(21-40(42(60)44(46)62)50-67-65-34(5)86-50)23-58(48(72)32(3)84-38)53(79)75(28-69-14-12-63-13-15-69)56(82)76(54(58)80)29-70-18-16-68(6)17-19-70/h7-11,20-21,30-32,38,47-48,63H,12-19,22-29H2,1-6H3/t30?,31?,32?,38?,47?,48?,57-,58+/m0/s1. The van der Waals surface area contributed by atoms with E-state index in [2.05, 4.69) is 30.6 Å². The number of anilines is 2. The highest BCUT2D eigenvalue weighted by atomic mass is 32.1. The van der Waals surface area contributed by atoms with Gasteiger partial charge in [0.2, 0.25) is 23.6 Å². The summed E-state index contributed by atoms with van der Waals surface area (Å²) in [6.07, 6.45) is -5.20. The molecule has 8 aliphatic rings. The van der Waals surface area contributed by atoms with Crippen molar-refractivity contribution in [2.45, 2.75) is 90.5 Å². The van der Waals surface area contributed by atoms with E-state index in [1.165, 1.54) is 21.9 Å². The van der Waals surface area contributed by atoms with Gasteiger partial charge in [0.25, 0.3) is 0 Å². The maximum absolute atomic E-state index is 17.7. The molecule has 10 heterocycles. The largest absolute Gasteiger partial charge is 0.372 e. The second-order valence-electron chi connectivity index (χ2n) is 23.9. The lowest BCUT2D eigenvalue weighted by Gasteiger charge is -2.59. The van der Waals surface area contributed by atoms with Crippen LogP contribution in [0.4, 0.5) is 38.5 Å². The van der Waals surface area contributed by atoms with Gasteiger partial charge in [-0.1, -0.05) is 53.0 Å². The summed E-state index contributed by atoms with van der Waals surface area (Å²) < 4.78 is 81.6. The Balaban J connectivity index is 0.936. The second-order valence-corrected chi connectivity index (χ2v) is 26.2. The number of rotatable bonds is 10. The summed E-state index contributed by atoms with van der Waals surface area (Å²) in [5.41, 5.74) is -4.80. The number of likely N-dealkylation sites (N-methyl/N-ethyl adjacent to an activating group) is 1. The van der Waals surface area contributed by atoms with Crippen LogP contribution in [-0.2, 0) is 48.0 Å². The van der Waals surface area contributed by atoms with Gasteiger partial charge in [-0.15, -0.1) is 20.4 Å². The molecule has 454 valence electrons. The fourth-order valence-corrected chi connectivity index (χ4v) is 15.9. The molecule has 0 aliphatic carbocycles. The zero-order valence-electron chi connectivity index (χ0n) is 48.2. The molecule has 5 aromatic rings. The molecule has 86 heavy (non-hydrogen) atoms. The number of nitrogens with zero attached hydrogens (tertiary/aromatic N) is 13. The molecule has 6 unspecified atom stereocenters. The number of imide groups is 4. The van der Waals surface area contributed by atoms with Crippen molar-refractivity contribution in [3.63, 3.8) is 0 Å². The van der Waals surface area contributed by atoms with Crippen LogP contribution in [0.5, 0.6) is 0 Å². The minimum absolute atomic E-state index is 0.0423. The molecule has 8 aliphatic heterocycles. The molecule has 1 N–H and O–H groups in total. The number of urea groups is 2. The lowest BCUT2D eigenvalue weighted by atomic mass is 9.65. The number of hydrogen-bond donors (Lipinski definition) is 1. The lowest BCUT2D eigenvalue weighted by Crippen LogP contribution is -2.78. The van der Waals surface area contributed by atoms with E-state index in [0.29, 0.717) is 67.9 Å². The number of carbonyl (C=O) groups excluding carboxylic acids is 6. The highest BCUT2D eigenvalue weighted by Gasteiger charge is 2.70. The number of fused-ring (bicyclic) bond motifs is 8. The average molecular weight is 1230 g/mol. The number of morpholine rings is 2. The minimum Gasteiger partial charge on any atom is -0.372 e. The number of aryl methyl sites for hydroxylation is 2.